The zero-order chi connectivity index (χ0) is 16.8. The van der Waals surface area contributed by atoms with Gasteiger partial charge in [-0.05, 0) is 19.1 Å². The van der Waals surface area contributed by atoms with Crippen LogP contribution in [-0.4, -0.2) is 86.2 Å². The van der Waals surface area contributed by atoms with Crippen LogP contribution in [-0.2, 0) is 4.74 Å². The van der Waals surface area contributed by atoms with Gasteiger partial charge in [-0.2, -0.15) is 0 Å². The van der Waals surface area contributed by atoms with Crippen LogP contribution in [0.4, 0.5) is 0 Å². The first kappa shape index (κ1) is 17.5. The quantitative estimate of drug-likeness (QED) is 0.796. The molecule has 2 saturated heterocycles. The van der Waals surface area contributed by atoms with Gasteiger partial charge in [0.25, 0.3) is 0 Å². The van der Waals surface area contributed by atoms with Crippen molar-refractivity contribution in [2.45, 2.75) is 19.1 Å². The predicted molar refractivity (Wildman–Crippen MR) is 91.7 cm³/mol. The number of para-hydroxylation sites is 2. The first-order valence-corrected chi connectivity index (χ1v) is 8.84. The smallest absolute Gasteiger partial charge is 0.161 e. The molecule has 2 aliphatic heterocycles. The van der Waals surface area contributed by atoms with Crippen molar-refractivity contribution in [3.05, 3.63) is 24.3 Å². The largest absolute Gasteiger partial charge is 0.490 e. The molecular weight excluding hydrogens is 308 g/mol. The van der Waals surface area contributed by atoms with E-state index >= 15 is 0 Å². The number of likely N-dealkylation sites (tertiary alicyclic amines) is 1. The number of hydrogen-bond donors (Lipinski definition) is 1. The third-order valence-corrected chi connectivity index (χ3v) is 4.66. The second-order valence-electron chi connectivity index (χ2n) is 6.27. The number of β-amino-alcohol motifs (C(OH)–C–C–N with tert-alkyl or cyclic N) is 1. The lowest BCUT2D eigenvalue weighted by molar-refractivity contribution is -0.00618. The van der Waals surface area contributed by atoms with E-state index < -0.39 is 0 Å². The highest BCUT2D eigenvalue weighted by molar-refractivity contribution is 5.39. The molecule has 0 aliphatic carbocycles. The van der Waals surface area contributed by atoms with Crippen molar-refractivity contribution in [3.8, 4) is 11.5 Å². The van der Waals surface area contributed by atoms with Crippen LogP contribution in [0.2, 0.25) is 0 Å². The molecule has 2 aliphatic rings. The number of hydrogen-bond acceptors (Lipinski definition) is 6. The summed E-state index contributed by atoms with van der Waals surface area (Å²) in [6.07, 6.45) is -0.293. The van der Waals surface area contributed by atoms with Gasteiger partial charge >= 0.3 is 0 Å². The fourth-order valence-corrected chi connectivity index (χ4v) is 3.43. The van der Waals surface area contributed by atoms with E-state index in [1.165, 1.54) is 0 Å². The molecule has 2 atom stereocenters. The van der Waals surface area contributed by atoms with Gasteiger partial charge in [-0.1, -0.05) is 12.1 Å². The molecule has 0 bridgehead atoms. The highest BCUT2D eigenvalue weighted by Crippen LogP contribution is 2.26. The maximum Gasteiger partial charge on any atom is 0.161 e. The third-order valence-electron chi connectivity index (χ3n) is 4.66. The maximum atomic E-state index is 10.4. The van der Waals surface area contributed by atoms with Gasteiger partial charge in [0.15, 0.2) is 11.5 Å². The van der Waals surface area contributed by atoms with Crippen molar-refractivity contribution in [1.29, 1.82) is 0 Å². The van der Waals surface area contributed by atoms with Gasteiger partial charge in [0.05, 0.1) is 25.9 Å². The second-order valence-corrected chi connectivity index (χ2v) is 6.27. The predicted octanol–water partition coefficient (Wildman–Crippen LogP) is 0.841. The summed E-state index contributed by atoms with van der Waals surface area (Å²) < 4.78 is 16.9. The summed E-state index contributed by atoms with van der Waals surface area (Å²) in [7, 11) is 0. The summed E-state index contributed by atoms with van der Waals surface area (Å²) in [5.74, 6) is 1.57. The molecule has 1 aromatic carbocycles. The van der Waals surface area contributed by atoms with Crippen LogP contribution in [0.5, 0.6) is 11.5 Å². The van der Waals surface area contributed by atoms with Gasteiger partial charge in [-0.25, -0.2) is 0 Å². The number of nitrogens with zero attached hydrogens (tertiary/aromatic N) is 2. The monoisotopic (exact) mass is 336 g/mol. The van der Waals surface area contributed by atoms with Crippen molar-refractivity contribution in [1.82, 2.24) is 9.80 Å². The molecule has 2 fully saturated rings. The van der Waals surface area contributed by atoms with E-state index in [0.717, 1.165) is 50.9 Å². The van der Waals surface area contributed by atoms with E-state index in [4.69, 9.17) is 14.2 Å². The average Bonchev–Trinajstić information content (AvgIpc) is 2.98. The molecular formula is C18H28N2O4. The first-order chi connectivity index (χ1) is 11.8. The second kappa shape index (κ2) is 8.67. The Morgan fingerprint density at radius 3 is 2.54 bits per heavy atom. The summed E-state index contributed by atoms with van der Waals surface area (Å²) in [6, 6.07) is 7.96. The normalized spacial score (nSPS) is 25.8. The minimum atomic E-state index is -0.293. The Balaban J connectivity index is 1.46. The highest BCUT2D eigenvalue weighted by atomic mass is 16.5. The minimum Gasteiger partial charge on any atom is -0.490 e. The molecule has 0 spiro atoms. The van der Waals surface area contributed by atoms with Gasteiger partial charge in [0.1, 0.15) is 6.61 Å². The summed E-state index contributed by atoms with van der Waals surface area (Å²) in [6.45, 7) is 8.93. The molecule has 0 unspecified atom stereocenters. The lowest BCUT2D eigenvalue weighted by Crippen LogP contribution is -2.48. The maximum absolute atomic E-state index is 10.4. The lowest BCUT2D eigenvalue weighted by atomic mass is 10.2. The molecule has 0 saturated carbocycles. The van der Waals surface area contributed by atoms with E-state index in [1.807, 2.05) is 31.2 Å². The molecule has 6 nitrogen and oxygen atoms in total. The molecule has 1 N–H and O–H groups in total. The number of aliphatic hydroxyl groups excluding tert-OH is 1. The van der Waals surface area contributed by atoms with Gasteiger partial charge in [0.2, 0.25) is 0 Å². The number of aliphatic hydroxyl groups is 1. The van der Waals surface area contributed by atoms with E-state index in [1.54, 1.807) is 0 Å². The van der Waals surface area contributed by atoms with Crippen molar-refractivity contribution in [3.63, 3.8) is 0 Å². The van der Waals surface area contributed by atoms with Crippen molar-refractivity contribution < 1.29 is 19.3 Å². The molecule has 1 aromatic rings. The Bertz CT molecular complexity index is 508. The molecule has 0 aromatic heterocycles. The number of benzene rings is 1. The van der Waals surface area contributed by atoms with Gasteiger partial charge in [0, 0.05) is 38.8 Å². The molecule has 24 heavy (non-hydrogen) atoms. The molecule has 0 amide bonds. The van der Waals surface area contributed by atoms with E-state index in [0.29, 0.717) is 19.8 Å². The molecule has 0 radical (unpaired) electrons. The van der Waals surface area contributed by atoms with Crippen LogP contribution in [0.1, 0.15) is 6.92 Å². The van der Waals surface area contributed by atoms with Gasteiger partial charge < -0.3 is 19.3 Å². The van der Waals surface area contributed by atoms with Crippen LogP contribution < -0.4 is 9.47 Å². The summed E-state index contributed by atoms with van der Waals surface area (Å²) in [4.78, 5) is 4.62. The number of ether oxygens (including phenoxy) is 3. The van der Waals surface area contributed by atoms with Crippen LogP contribution >= 0.6 is 0 Å². The van der Waals surface area contributed by atoms with E-state index in [-0.39, 0.29) is 12.1 Å². The standard InChI is InChI=1S/C18H28N2O4/c1-2-23-17-5-3-4-6-18(17)24-12-7-19-13-15(16(21)14-19)20-8-10-22-11-9-20/h3-6,15-16,21H,2,7-14H2,1H3/t15-,16-/m0/s1. The number of rotatable bonds is 7. The summed E-state index contributed by atoms with van der Waals surface area (Å²) in [5, 5.41) is 10.4. The molecule has 2 heterocycles. The Morgan fingerprint density at radius 1 is 1.12 bits per heavy atom. The lowest BCUT2D eigenvalue weighted by Gasteiger charge is -2.33. The topological polar surface area (TPSA) is 54.4 Å². The van der Waals surface area contributed by atoms with Crippen LogP contribution in [0.25, 0.3) is 0 Å². The molecule has 6 heteroatoms. The molecule has 134 valence electrons. The first-order valence-electron chi connectivity index (χ1n) is 8.84. The van der Waals surface area contributed by atoms with Crippen molar-refractivity contribution in [2.24, 2.45) is 0 Å². The average molecular weight is 336 g/mol. The van der Waals surface area contributed by atoms with Crippen LogP contribution in [0.15, 0.2) is 24.3 Å². The van der Waals surface area contributed by atoms with Crippen LogP contribution in [0, 0.1) is 0 Å². The summed E-state index contributed by atoms with van der Waals surface area (Å²) >= 11 is 0. The van der Waals surface area contributed by atoms with E-state index in [2.05, 4.69) is 9.80 Å². The molecule has 3 rings (SSSR count). The third kappa shape index (κ3) is 4.39. The van der Waals surface area contributed by atoms with Crippen molar-refractivity contribution in [2.75, 3.05) is 59.2 Å². The van der Waals surface area contributed by atoms with E-state index in [9.17, 15) is 5.11 Å². The zero-order valence-corrected chi connectivity index (χ0v) is 14.4. The minimum absolute atomic E-state index is 0.213. The van der Waals surface area contributed by atoms with Crippen LogP contribution in [0.3, 0.4) is 0 Å². The Hall–Kier alpha value is -1.34. The SMILES string of the molecule is CCOc1ccccc1OCCN1C[C@H](O)[C@@H](N2CCOCC2)C1. The van der Waals surface area contributed by atoms with Crippen molar-refractivity contribution >= 4 is 0 Å². The Morgan fingerprint density at radius 2 is 1.83 bits per heavy atom. The Kier molecular flexibility index (Phi) is 6.31. The van der Waals surface area contributed by atoms with Gasteiger partial charge in [-0.15, -0.1) is 0 Å². The Labute approximate surface area is 143 Å². The van der Waals surface area contributed by atoms with Gasteiger partial charge in [-0.3, -0.25) is 9.80 Å². The highest BCUT2D eigenvalue weighted by Gasteiger charge is 2.35. The fraction of sp³-hybridized carbons (Fsp3) is 0.667. The fourth-order valence-electron chi connectivity index (χ4n) is 3.43. The summed E-state index contributed by atoms with van der Waals surface area (Å²) in [5.41, 5.74) is 0. The zero-order valence-electron chi connectivity index (χ0n) is 14.4. The number of morpholine rings is 1.